The smallest absolute Gasteiger partial charge is 0.214 e. The summed E-state index contributed by atoms with van der Waals surface area (Å²) >= 11 is 0. The molecular weight excluding hydrogens is 192 g/mol. The Morgan fingerprint density at radius 2 is 1.93 bits per heavy atom. The average Bonchev–Trinajstić information content (AvgIpc) is 2.05. The maximum absolute atomic E-state index is 9.67. The first-order chi connectivity index (χ1) is 6.88. The zero-order chi connectivity index (χ0) is 11.5. The van der Waals surface area contributed by atoms with E-state index in [9.17, 15) is 5.11 Å². The number of hydrogen-bond acceptors (Lipinski definition) is 4. The van der Waals surface area contributed by atoms with Crippen molar-refractivity contribution in [3.05, 3.63) is 0 Å². The van der Waals surface area contributed by atoms with E-state index in [0.717, 1.165) is 12.8 Å². The van der Waals surface area contributed by atoms with Gasteiger partial charge in [0, 0.05) is 12.1 Å². The van der Waals surface area contributed by atoms with Gasteiger partial charge in [0.05, 0.1) is 5.60 Å². The summed E-state index contributed by atoms with van der Waals surface area (Å²) in [7, 11) is 0. The molecule has 1 rings (SSSR count). The largest absolute Gasteiger partial charge is 0.356 e. The zero-order valence-corrected chi connectivity index (χ0v) is 9.99. The van der Waals surface area contributed by atoms with Crippen molar-refractivity contribution in [2.45, 2.75) is 70.6 Å². The van der Waals surface area contributed by atoms with Gasteiger partial charge in [-0.3, -0.25) is 5.32 Å². The van der Waals surface area contributed by atoms with Gasteiger partial charge in [-0.1, -0.05) is 12.8 Å². The highest BCUT2D eigenvalue weighted by Crippen LogP contribution is 2.18. The van der Waals surface area contributed by atoms with Crippen LogP contribution in [0.15, 0.2) is 0 Å². The maximum atomic E-state index is 9.67. The summed E-state index contributed by atoms with van der Waals surface area (Å²) < 4.78 is 5.38. The molecule has 90 valence electrons. The molecule has 0 aromatic heterocycles. The molecule has 1 fully saturated rings. The number of aliphatic hydroxyl groups is 1. The fourth-order valence-corrected chi connectivity index (χ4v) is 1.92. The van der Waals surface area contributed by atoms with Gasteiger partial charge in [0.15, 0.2) is 0 Å². The molecule has 3 unspecified atom stereocenters. The van der Waals surface area contributed by atoms with E-state index in [1.54, 1.807) is 0 Å². The van der Waals surface area contributed by atoms with Crippen LogP contribution < -0.4 is 11.1 Å². The van der Waals surface area contributed by atoms with E-state index in [1.165, 1.54) is 12.8 Å². The lowest BCUT2D eigenvalue weighted by Crippen LogP contribution is -2.52. The third-order valence-electron chi connectivity index (χ3n) is 2.64. The topological polar surface area (TPSA) is 67.5 Å². The Morgan fingerprint density at radius 1 is 1.33 bits per heavy atom. The number of hydrogen-bond donors (Lipinski definition) is 3. The van der Waals surface area contributed by atoms with Crippen LogP contribution in [-0.4, -0.2) is 29.2 Å². The molecule has 0 bridgehead atoms. The number of ether oxygens (including phenoxy) is 1. The molecule has 0 aliphatic heterocycles. The molecule has 0 heterocycles. The van der Waals surface area contributed by atoms with Crippen molar-refractivity contribution in [3.8, 4) is 0 Å². The predicted octanol–water partition coefficient (Wildman–Crippen LogP) is 0.937. The lowest BCUT2D eigenvalue weighted by atomic mass is 9.91. The Bertz CT molecular complexity index is 192. The van der Waals surface area contributed by atoms with Gasteiger partial charge in [-0.05, 0) is 33.6 Å². The summed E-state index contributed by atoms with van der Waals surface area (Å²) in [6.07, 6.45) is 3.49. The molecule has 0 saturated heterocycles. The Morgan fingerprint density at radius 3 is 2.47 bits per heavy atom. The lowest BCUT2D eigenvalue weighted by molar-refractivity contribution is -0.187. The van der Waals surface area contributed by atoms with Gasteiger partial charge in [-0.2, -0.15) is 0 Å². The van der Waals surface area contributed by atoms with Gasteiger partial charge < -0.3 is 15.6 Å². The molecule has 1 saturated carbocycles. The third kappa shape index (κ3) is 4.93. The average molecular weight is 216 g/mol. The Balaban J connectivity index is 2.33. The van der Waals surface area contributed by atoms with Crippen LogP contribution in [0.4, 0.5) is 0 Å². The molecule has 1 aliphatic rings. The predicted molar refractivity (Wildman–Crippen MR) is 60.2 cm³/mol. The highest BCUT2D eigenvalue weighted by Gasteiger charge is 2.25. The van der Waals surface area contributed by atoms with Crippen LogP contribution in [0.3, 0.4) is 0 Å². The van der Waals surface area contributed by atoms with E-state index in [0.29, 0.717) is 0 Å². The molecule has 3 atom stereocenters. The first kappa shape index (κ1) is 12.9. The second-order valence-corrected chi connectivity index (χ2v) is 5.30. The molecule has 4 nitrogen and oxygen atoms in total. The Hall–Kier alpha value is -0.160. The first-order valence-electron chi connectivity index (χ1n) is 5.76. The fraction of sp³-hybridized carbons (Fsp3) is 1.00. The van der Waals surface area contributed by atoms with Gasteiger partial charge in [0.25, 0.3) is 0 Å². The minimum absolute atomic E-state index is 0.136. The van der Waals surface area contributed by atoms with Crippen LogP contribution in [0.2, 0.25) is 0 Å². The van der Waals surface area contributed by atoms with Gasteiger partial charge in [0.1, 0.15) is 0 Å². The van der Waals surface area contributed by atoms with Crippen LogP contribution in [0.1, 0.15) is 46.5 Å². The van der Waals surface area contributed by atoms with Crippen molar-refractivity contribution in [1.82, 2.24) is 5.32 Å². The van der Waals surface area contributed by atoms with E-state index in [4.69, 9.17) is 10.5 Å². The van der Waals surface area contributed by atoms with E-state index in [1.807, 2.05) is 20.8 Å². The number of nitrogens with one attached hydrogen (secondary N) is 1. The minimum Gasteiger partial charge on any atom is -0.356 e. The van der Waals surface area contributed by atoms with E-state index >= 15 is 0 Å². The minimum atomic E-state index is -0.917. The van der Waals surface area contributed by atoms with Crippen LogP contribution in [-0.2, 0) is 4.74 Å². The molecule has 0 aromatic carbocycles. The molecule has 1 aliphatic carbocycles. The van der Waals surface area contributed by atoms with Crippen molar-refractivity contribution in [1.29, 1.82) is 0 Å². The number of rotatable bonds is 3. The van der Waals surface area contributed by atoms with Crippen LogP contribution in [0.25, 0.3) is 0 Å². The van der Waals surface area contributed by atoms with Gasteiger partial charge in [0.2, 0.25) is 6.41 Å². The normalized spacial score (nSPS) is 30.2. The highest BCUT2D eigenvalue weighted by atomic mass is 16.6. The highest BCUT2D eigenvalue weighted by molar-refractivity contribution is 4.83. The lowest BCUT2D eigenvalue weighted by Gasteiger charge is -2.33. The molecule has 4 N–H and O–H groups in total. The van der Waals surface area contributed by atoms with Gasteiger partial charge in [-0.15, -0.1) is 0 Å². The fourth-order valence-electron chi connectivity index (χ4n) is 1.92. The van der Waals surface area contributed by atoms with E-state index in [2.05, 4.69) is 5.32 Å². The second-order valence-electron chi connectivity index (χ2n) is 5.30. The van der Waals surface area contributed by atoms with Gasteiger partial charge in [-0.25, -0.2) is 0 Å². The van der Waals surface area contributed by atoms with Crippen molar-refractivity contribution in [3.63, 3.8) is 0 Å². The van der Waals surface area contributed by atoms with Crippen LogP contribution >= 0.6 is 0 Å². The van der Waals surface area contributed by atoms with Gasteiger partial charge >= 0.3 is 0 Å². The summed E-state index contributed by atoms with van der Waals surface area (Å²) in [5.41, 5.74) is 5.62. The summed E-state index contributed by atoms with van der Waals surface area (Å²) in [5, 5.41) is 12.7. The maximum Gasteiger partial charge on any atom is 0.214 e. The molecule has 15 heavy (non-hydrogen) atoms. The molecule has 0 aromatic rings. The second kappa shape index (κ2) is 5.25. The van der Waals surface area contributed by atoms with E-state index < -0.39 is 6.41 Å². The van der Waals surface area contributed by atoms with Crippen molar-refractivity contribution in [2.24, 2.45) is 5.73 Å². The van der Waals surface area contributed by atoms with Crippen molar-refractivity contribution < 1.29 is 9.84 Å². The Labute approximate surface area is 92.2 Å². The SMILES string of the molecule is CC(C)(C)OC(O)NC1CCCCC1N. The summed E-state index contributed by atoms with van der Waals surface area (Å²) in [5.74, 6) is 0. The monoisotopic (exact) mass is 216 g/mol. The van der Waals surface area contributed by atoms with Crippen molar-refractivity contribution >= 4 is 0 Å². The molecular formula is C11H24N2O2. The van der Waals surface area contributed by atoms with E-state index in [-0.39, 0.29) is 17.7 Å². The molecule has 0 spiro atoms. The molecule has 0 amide bonds. The Kier molecular flexibility index (Phi) is 4.52. The molecule has 0 radical (unpaired) electrons. The number of aliphatic hydroxyl groups excluding tert-OH is 1. The summed E-state index contributed by atoms with van der Waals surface area (Å²) in [4.78, 5) is 0. The summed E-state index contributed by atoms with van der Waals surface area (Å²) in [6.45, 7) is 5.75. The standard InChI is InChI=1S/C11H24N2O2/c1-11(2,3)15-10(14)13-9-7-5-4-6-8(9)12/h8-10,13-14H,4-7,12H2,1-3H3. The first-order valence-corrected chi connectivity index (χ1v) is 5.76. The quantitative estimate of drug-likeness (QED) is 0.614. The summed E-state index contributed by atoms with van der Waals surface area (Å²) in [6, 6.07) is 0.313. The number of nitrogens with two attached hydrogens (primary N) is 1. The van der Waals surface area contributed by atoms with Crippen LogP contribution in [0, 0.1) is 0 Å². The molecule has 4 heteroatoms. The van der Waals surface area contributed by atoms with Crippen molar-refractivity contribution in [2.75, 3.05) is 0 Å². The van der Waals surface area contributed by atoms with Crippen LogP contribution in [0.5, 0.6) is 0 Å². The zero-order valence-electron chi connectivity index (χ0n) is 9.99. The third-order valence-corrected chi connectivity index (χ3v) is 2.64.